The number of rotatable bonds is 8. The first-order valence-electron chi connectivity index (χ1n) is 25.7. The Kier molecular flexibility index (Phi) is 11.7. The molecular formula is C67H60N4OPt. The van der Waals surface area contributed by atoms with Crippen molar-refractivity contribution in [3.8, 4) is 45.3 Å². The second kappa shape index (κ2) is 18.3. The van der Waals surface area contributed by atoms with Crippen molar-refractivity contribution in [3.63, 3.8) is 0 Å². The van der Waals surface area contributed by atoms with E-state index in [-0.39, 0.29) is 10.8 Å². The summed E-state index contributed by atoms with van der Waals surface area (Å²) in [6, 6.07) is 64.2. The molecule has 0 saturated carbocycles. The Labute approximate surface area is 439 Å². The van der Waals surface area contributed by atoms with Gasteiger partial charge in [-0.1, -0.05) is 126 Å². The van der Waals surface area contributed by atoms with E-state index in [1.54, 1.807) is 0 Å². The van der Waals surface area contributed by atoms with Crippen LogP contribution in [0.1, 0.15) is 84.8 Å². The van der Waals surface area contributed by atoms with Crippen molar-refractivity contribution in [1.82, 2.24) is 18.5 Å². The molecule has 6 heterocycles. The van der Waals surface area contributed by atoms with Crippen LogP contribution in [0.3, 0.4) is 0 Å². The number of fused-ring (bicyclic) bond motifs is 3. The third-order valence-electron chi connectivity index (χ3n) is 15.8. The topological polar surface area (TPSA) is 36.4 Å². The first-order chi connectivity index (χ1) is 35.3. The summed E-state index contributed by atoms with van der Waals surface area (Å²) >= 11 is 2.52. The van der Waals surface area contributed by atoms with E-state index >= 15 is 0 Å². The quantitative estimate of drug-likeness (QED) is 0.152. The molecule has 0 spiro atoms. The van der Waals surface area contributed by atoms with Crippen molar-refractivity contribution in [3.05, 3.63) is 242 Å². The number of benzene rings is 7. The van der Waals surface area contributed by atoms with Gasteiger partial charge in [-0.15, -0.1) is 0 Å². The van der Waals surface area contributed by atoms with Crippen LogP contribution >= 0.6 is 0 Å². The fraction of sp³-hybridized carbons (Fsp3) is 0.194. The second-order valence-electron chi connectivity index (χ2n) is 21.6. The number of ether oxygens (including phenoxy) is 1. The Hall–Kier alpha value is -7.33. The zero-order valence-electron chi connectivity index (χ0n) is 42.7. The van der Waals surface area contributed by atoms with Gasteiger partial charge in [-0.3, -0.25) is 0 Å². The van der Waals surface area contributed by atoms with E-state index in [9.17, 15) is 0 Å². The number of pyridine rings is 2. The molecule has 5 nitrogen and oxygen atoms in total. The molecule has 6 heteroatoms. The standard InChI is InChI=1S/C67H60N4O.Pt/c1-44-45(2)47-22-21-46(44)23-24-50-28-33-54(32-27-47)70-43-69(42-64(50)70)55-19-14-20-56(38-55)72-57-34-35-58-59-37-51(48-15-10-8-11-16-48)29-36-62(59)71(63(58)39-57)65-40-61(67(6,7)53-17-12-9-13-18-53)60(41-68-65)49-25-30-52(31-26-49)66(3,4)5;/h8-22,25-26,28-31,33-42H,23-24,27,32H2,1-7H3;. The maximum absolute atomic E-state index is 6.93. The molecule has 0 saturated heterocycles. The fourth-order valence-corrected chi connectivity index (χ4v) is 12.3. The SMILES string of the molecule is Cc1c2ccc(c1C)CCc1ccc(c3cn(-c4cccc(Oc5ccc6c7cc(-c8ccccc8)ccc7n(-c7cc(C(C)(C)c8ccccc8)c(-c8ccc(C(C)(C)C)cc8)cn7)c6c5)c4)[c](=[Pt])n13)CC2. The molecule has 4 bridgehead atoms. The van der Waals surface area contributed by atoms with Gasteiger partial charge in [0, 0.05) is 17.2 Å². The number of imidazole rings is 1. The van der Waals surface area contributed by atoms with Crippen LogP contribution in [0.15, 0.2) is 188 Å². The van der Waals surface area contributed by atoms with Crippen molar-refractivity contribution >= 4 is 27.3 Å². The Morgan fingerprint density at radius 3 is 1.93 bits per heavy atom. The normalized spacial score (nSPS) is 13.0. The molecular weight excluding hydrogens is 1070 g/mol. The van der Waals surface area contributed by atoms with Gasteiger partial charge in [0.15, 0.2) is 0 Å². The van der Waals surface area contributed by atoms with Gasteiger partial charge < -0.3 is 0 Å². The van der Waals surface area contributed by atoms with Crippen LogP contribution in [0, 0.1) is 17.7 Å². The van der Waals surface area contributed by atoms with E-state index < -0.39 is 0 Å². The molecule has 0 atom stereocenters. The summed E-state index contributed by atoms with van der Waals surface area (Å²) in [4.78, 5) is 5.38. The molecule has 0 fully saturated rings. The molecule has 2 aliphatic carbocycles. The minimum absolute atomic E-state index is 0.0523. The summed E-state index contributed by atoms with van der Waals surface area (Å²) in [6.07, 6.45) is 8.40. The molecule has 4 aromatic heterocycles. The molecule has 4 aliphatic rings. The zero-order valence-corrected chi connectivity index (χ0v) is 45.0. The first-order valence-corrected chi connectivity index (χ1v) is 26.8. The Bertz CT molecular complexity index is 3980. The van der Waals surface area contributed by atoms with Crippen LogP contribution in [0.2, 0.25) is 0 Å². The summed E-state index contributed by atoms with van der Waals surface area (Å²) in [5, 5.41) is 2.29. The van der Waals surface area contributed by atoms with Gasteiger partial charge in [0.05, 0.1) is 0 Å². The predicted molar refractivity (Wildman–Crippen MR) is 297 cm³/mol. The van der Waals surface area contributed by atoms with Gasteiger partial charge in [0.2, 0.25) is 0 Å². The van der Waals surface area contributed by atoms with Crippen molar-refractivity contribution in [2.75, 3.05) is 0 Å². The van der Waals surface area contributed by atoms with Crippen molar-refractivity contribution in [2.24, 2.45) is 0 Å². The molecule has 15 rings (SSSR count). The van der Waals surface area contributed by atoms with Gasteiger partial charge in [0.1, 0.15) is 0 Å². The van der Waals surface area contributed by atoms with E-state index in [1.807, 2.05) is 0 Å². The molecule has 11 aromatic rings. The predicted octanol–water partition coefficient (Wildman–Crippen LogP) is 16.6. The van der Waals surface area contributed by atoms with E-state index in [0.717, 1.165) is 85.4 Å². The molecule has 2 aliphatic heterocycles. The molecule has 73 heavy (non-hydrogen) atoms. The average Bonchev–Trinajstić information content (AvgIpc) is 3.92. The van der Waals surface area contributed by atoms with Gasteiger partial charge >= 0.3 is 261 Å². The average molecular weight is 1130 g/mol. The number of aryl methyl sites for hydroxylation is 4. The Morgan fingerprint density at radius 1 is 0.521 bits per heavy atom. The summed E-state index contributed by atoms with van der Waals surface area (Å²) in [7, 11) is 0. The van der Waals surface area contributed by atoms with Crippen LogP contribution in [-0.2, 0) is 55.9 Å². The van der Waals surface area contributed by atoms with Gasteiger partial charge in [-0.05, 0) is 38.8 Å². The Balaban J connectivity index is 0.970. The molecule has 7 aromatic carbocycles. The number of hydrogen-bond acceptors (Lipinski definition) is 2. The van der Waals surface area contributed by atoms with E-state index in [0.29, 0.717) is 0 Å². The van der Waals surface area contributed by atoms with Gasteiger partial charge in [-0.2, -0.15) is 0 Å². The van der Waals surface area contributed by atoms with Gasteiger partial charge in [0.25, 0.3) is 0 Å². The third kappa shape index (κ3) is 8.42. The van der Waals surface area contributed by atoms with Gasteiger partial charge in [-0.25, -0.2) is 0 Å². The first kappa shape index (κ1) is 46.7. The summed E-state index contributed by atoms with van der Waals surface area (Å²) in [5.74, 6) is 2.39. The van der Waals surface area contributed by atoms with E-state index in [1.165, 1.54) is 66.8 Å². The zero-order chi connectivity index (χ0) is 50.2. The molecule has 0 radical (unpaired) electrons. The minimum atomic E-state index is -0.348. The number of hydrogen-bond donors (Lipinski definition) is 0. The maximum atomic E-state index is 6.93. The van der Waals surface area contributed by atoms with Crippen LogP contribution in [-0.4, -0.2) is 18.5 Å². The third-order valence-corrected chi connectivity index (χ3v) is 16.8. The number of aromatic nitrogens is 4. The van der Waals surface area contributed by atoms with Crippen LogP contribution in [0.25, 0.3) is 61.1 Å². The van der Waals surface area contributed by atoms with Crippen LogP contribution in [0.4, 0.5) is 0 Å². The van der Waals surface area contributed by atoms with Crippen molar-refractivity contribution in [1.29, 1.82) is 0 Å². The Morgan fingerprint density at radius 2 is 1.19 bits per heavy atom. The van der Waals surface area contributed by atoms with Crippen LogP contribution in [0.5, 0.6) is 11.5 Å². The summed E-state index contributed by atoms with van der Waals surface area (Å²) in [6.45, 7) is 16.1. The molecule has 0 amide bonds. The van der Waals surface area contributed by atoms with E-state index in [2.05, 4.69) is 270 Å². The van der Waals surface area contributed by atoms with Crippen molar-refractivity contribution < 1.29 is 24.1 Å². The monoisotopic (exact) mass is 1130 g/mol. The van der Waals surface area contributed by atoms with E-state index in [4.69, 9.17) is 9.72 Å². The fourth-order valence-electron chi connectivity index (χ4n) is 11.3. The second-order valence-corrected chi connectivity index (χ2v) is 22.6. The molecule has 0 N–H and O–H groups in total. The van der Waals surface area contributed by atoms with Crippen LogP contribution < -0.4 is 4.74 Å². The summed E-state index contributed by atoms with van der Waals surface area (Å²) in [5.41, 5.74) is 21.0. The molecule has 364 valence electrons. The molecule has 0 unspecified atom stereocenters. The number of nitrogens with zero attached hydrogens (tertiary/aromatic N) is 4. The summed E-state index contributed by atoms with van der Waals surface area (Å²) < 4.78 is 15.2. The van der Waals surface area contributed by atoms with Crippen molar-refractivity contribution in [2.45, 2.75) is 85.0 Å².